The molecule has 0 fully saturated rings. The third-order valence-electron chi connectivity index (χ3n) is 6.21. The van der Waals surface area contributed by atoms with Gasteiger partial charge in [-0.25, -0.2) is 0 Å². The highest BCUT2D eigenvalue weighted by atomic mass is 16.7. The highest BCUT2D eigenvalue weighted by Crippen LogP contribution is 2.41. The second kappa shape index (κ2) is 10.00. The van der Waals surface area contributed by atoms with Crippen molar-refractivity contribution in [3.05, 3.63) is 84.1 Å². The molecule has 7 nitrogen and oxygen atoms in total. The van der Waals surface area contributed by atoms with Gasteiger partial charge in [-0.1, -0.05) is 36.4 Å². The van der Waals surface area contributed by atoms with Crippen molar-refractivity contribution < 1.29 is 33.4 Å². The minimum absolute atomic E-state index is 0.299. The van der Waals surface area contributed by atoms with Crippen LogP contribution in [-0.4, -0.2) is 27.0 Å². The number of fused-ring (bicyclic) bond motifs is 5. The molecule has 0 atom stereocenters. The minimum atomic E-state index is -1.17. The Morgan fingerprint density at radius 1 is 1.00 bits per heavy atom. The van der Waals surface area contributed by atoms with Crippen molar-refractivity contribution in [3.63, 3.8) is 0 Å². The van der Waals surface area contributed by atoms with Gasteiger partial charge in [0, 0.05) is 12.5 Å². The molecule has 0 radical (unpaired) electrons. The van der Waals surface area contributed by atoms with Gasteiger partial charge in [0.25, 0.3) is 0 Å². The second-order valence-electron chi connectivity index (χ2n) is 8.33. The van der Waals surface area contributed by atoms with Crippen LogP contribution in [-0.2, 0) is 17.8 Å². The zero-order chi connectivity index (χ0) is 25.1. The predicted molar refractivity (Wildman–Crippen MR) is 133 cm³/mol. The topological polar surface area (TPSA) is 80.9 Å². The predicted octanol–water partition coefficient (Wildman–Crippen LogP) is 3.55. The molecule has 0 saturated carbocycles. The van der Waals surface area contributed by atoms with Crippen LogP contribution in [0.5, 0.6) is 23.0 Å². The third-order valence-corrected chi connectivity index (χ3v) is 6.21. The lowest BCUT2D eigenvalue weighted by atomic mass is 9.95. The number of rotatable bonds is 4. The van der Waals surface area contributed by atoms with Crippen molar-refractivity contribution in [2.45, 2.75) is 13.0 Å². The molecule has 36 heavy (non-hydrogen) atoms. The number of hydrogen-bond donors (Lipinski definition) is 0. The Morgan fingerprint density at radius 3 is 2.50 bits per heavy atom. The maximum atomic E-state index is 9.97. The second-order valence-corrected chi connectivity index (χ2v) is 8.33. The van der Waals surface area contributed by atoms with Crippen LogP contribution < -0.4 is 28.6 Å². The lowest BCUT2D eigenvalue weighted by Crippen LogP contribution is -2.40. The fourth-order valence-electron chi connectivity index (χ4n) is 4.50. The molecule has 3 aromatic carbocycles. The van der Waals surface area contributed by atoms with Gasteiger partial charge in [-0.05, 0) is 46.9 Å². The Kier molecular flexibility index (Phi) is 6.45. The number of pyridine rings is 1. The number of nitrogens with zero attached hydrogens (tertiary/aromatic N) is 1. The third kappa shape index (κ3) is 4.55. The van der Waals surface area contributed by atoms with Crippen molar-refractivity contribution in [2.75, 3.05) is 21.0 Å². The average Bonchev–Trinajstić information content (AvgIpc) is 3.37. The molecule has 0 unspecified atom stereocenters. The lowest BCUT2D eigenvalue weighted by Gasteiger charge is -2.17. The molecule has 182 valence electrons. The number of hydrogen-bond acceptors (Lipinski definition) is 6. The molecule has 0 saturated heterocycles. The van der Waals surface area contributed by atoms with Crippen LogP contribution >= 0.6 is 0 Å². The summed E-state index contributed by atoms with van der Waals surface area (Å²) in [6.45, 7) is 1.21. The number of aromatic nitrogens is 1. The number of ether oxygens (including phenoxy) is 4. The van der Waals surface area contributed by atoms with E-state index < -0.39 is 5.97 Å². The Bertz CT molecular complexity index is 1460. The number of methoxy groups -OCH3 is 2. The number of carboxylic acid groups (broad SMARTS) is 1. The molecule has 0 bridgehead atoms. The zero-order valence-electron chi connectivity index (χ0n) is 20.0. The van der Waals surface area contributed by atoms with E-state index in [2.05, 4.69) is 35.0 Å². The van der Waals surface area contributed by atoms with E-state index in [9.17, 15) is 9.90 Å². The van der Waals surface area contributed by atoms with E-state index in [0.717, 1.165) is 58.4 Å². The van der Waals surface area contributed by atoms with Crippen molar-refractivity contribution in [1.82, 2.24) is 0 Å². The average molecular weight is 484 g/mol. The summed E-state index contributed by atoms with van der Waals surface area (Å²) >= 11 is 0. The molecule has 7 heteroatoms. The van der Waals surface area contributed by atoms with Crippen LogP contribution in [0, 0.1) is 0 Å². The van der Waals surface area contributed by atoms with Crippen LogP contribution in [0.4, 0.5) is 0 Å². The van der Waals surface area contributed by atoms with E-state index in [0.29, 0.717) is 6.79 Å². The molecule has 4 aromatic rings. The molecule has 0 spiro atoms. The Balaban J connectivity index is 0.000000205. The fraction of sp³-hybridized carbons (Fsp3) is 0.172. The number of carboxylic acids is 1. The Hall–Kier alpha value is -4.52. The van der Waals surface area contributed by atoms with Crippen molar-refractivity contribution in [1.29, 1.82) is 0 Å². The first-order chi connectivity index (χ1) is 17.6. The summed E-state index contributed by atoms with van der Waals surface area (Å²) < 4.78 is 24.4. The van der Waals surface area contributed by atoms with E-state index >= 15 is 0 Å². The van der Waals surface area contributed by atoms with Crippen LogP contribution in [0.1, 0.15) is 11.1 Å². The number of aryl methyl sites for hydroxylation is 2. The standard InChI is InChI=1S/C20H18NO4.C9H8O2/c1-22-17-4-3-12-7-16-14-9-19-18(24-11-25-19)8-13(14)5-6-21(16)10-15(12)20(17)23-2;10-9(11)7-6-8-4-2-1-3-5-8/h3-4,7-10H,5-6,11H2,1-2H3;1-7H,(H,10,11)/q+1;/p-1/b;7-6+. The van der Waals surface area contributed by atoms with Gasteiger partial charge in [0.1, 0.15) is 0 Å². The van der Waals surface area contributed by atoms with Gasteiger partial charge in [-0.2, -0.15) is 4.57 Å². The molecule has 0 aliphatic carbocycles. The quantitative estimate of drug-likeness (QED) is 0.326. The first-order valence-electron chi connectivity index (χ1n) is 11.5. The van der Waals surface area contributed by atoms with Crippen LogP contribution in [0.2, 0.25) is 0 Å². The van der Waals surface area contributed by atoms with E-state index in [4.69, 9.17) is 18.9 Å². The monoisotopic (exact) mass is 483 g/mol. The highest BCUT2D eigenvalue weighted by molar-refractivity contribution is 5.91. The number of carbonyl (C=O) groups excluding carboxylic acids is 1. The first kappa shape index (κ1) is 23.2. The summed E-state index contributed by atoms with van der Waals surface area (Å²) in [5.74, 6) is 2.01. The fourth-order valence-corrected chi connectivity index (χ4v) is 4.50. The summed E-state index contributed by atoms with van der Waals surface area (Å²) in [7, 11) is 3.34. The first-order valence-corrected chi connectivity index (χ1v) is 11.5. The smallest absolute Gasteiger partial charge is 0.231 e. The van der Waals surface area contributed by atoms with E-state index in [1.807, 2.05) is 36.4 Å². The number of carbonyl (C=O) groups is 1. The molecular weight excluding hydrogens is 458 g/mol. The largest absolute Gasteiger partial charge is 0.545 e. The maximum absolute atomic E-state index is 9.97. The van der Waals surface area contributed by atoms with Crippen LogP contribution in [0.15, 0.2) is 72.9 Å². The molecule has 3 heterocycles. The Labute approximate surface area is 208 Å². The van der Waals surface area contributed by atoms with Crippen molar-refractivity contribution in [2.24, 2.45) is 0 Å². The van der Waals surface area contributed by atoms with Crippen molar-refractivity contribution >= 4 is 22.8 Å². The van der Waals surface area contributed by atoms with E-state index in [-0.39, 0.29) is 0 Å². The normalized spacial score (nSPS) is 12.9. The highest BCUT2D eigenvalue weighted by Gasteiger charge is 2.28. The van der Waals surface area contributed by atoms with Gasteiger partial charge in [0.2, 0.25) is 12.5 Å². The van der Waals surface area contributed by atoms with Gasteiger partial charge >= 0.3 is 0 Å². The number of benzene rings is 3. The summed E-state index contributed by atoms with van der Waals surface area (Å²) in [4.78, 5) is 9.97. The summed E-state index contributed by atoms with van der Waals surface area (Å²) in [6, 6.07) is 19.6. The molecule has 0 amide bonds. The Morgan fingerprint density at radius 2 is 1.78 bits per heavy atom. The van der Waals surface area contributed by atoms with Gasteiger partial charge in [0.05, 0.1) is 31.1 Å². The minimum Gasteiger partial charge on any atom is -0.545 e. The van der Waals surface area contributed by atoms with Gasteiger partial charge in [-0.15, -0.1) is 0 Å². The SMILES string of the molecule is COc1ccc2cc3[n+](cc2c1OC)CCc1cc2c(cc1-3)OCO2.O=C([O-])/C=C/c1ccccc1. The van der Waals surface area contributed by atoms with Crippen LogP contribution in [0.25, 0.3) is 28.1 Å². The van der Waals surface area contributed by atoms with Gasteiger partial charge in [0.15, 0.2) is 35.7 Å². The summed E-state index contributed by atoms with van der Waals surface area (Å²) in [5, 5.41) is 12.1. The molecule has 0 N–H and O–H groups in total. The number of aliphatic carboxylic acids is 1. The maximum Gasteiger partial charge on any atom is 0.231 e. The lowest BCUT2D eigenvalue weighted by molar-refractivity contribution is -0.686. The summed E-state index contributed by atoms with van der Waals surface area (Å²) in [6.07, 6.45) is 5.62. The summed E-state index contributed by atoms with van der Waals surface area (Å²) in [5.41, 5.74) is 4.53. The molecule has 6 rings (SSSR count). The molecule has 1 aromatic heterocycles. The molecule has 2 aliphatic heterocycles. The van der Waals surface area contributed by atoms with E-state index in [1.165, 1.54) is 22.9 Å². The molecular formula is C29H25NO6. The van der Waals surface area contributed by atoms with E-state index in [1.54, 1.807) is 14.2 Å². The van der Waals surface area contributed by atoms with Crippen LogP contribution in [0.3, 0.4) is 0 Å². The van der Waals surface area contributed by atoms with Crippen molar-refractivity contribution in [3.8, 4) is 34.3 Å². The molecule has 2 aliphatic rings. The zero-order valence-corrected chi connectivity index (χ0v) is 20.0. The van der Waals surface area contributed by atoms with Gasteiger partial charge in [-0.3, -0.25) is 0 Å². The van der Waals surface area contributed by atoms with Gasteiger partial charge < -0.3 is 28.8 Å².